The molecule has 0 radical (unpaired) electrons. The minimum atomic E-state index is -0.258. The summed E-state index contributed by atoms with van der Waals surface area (Å²) in [5, 5.41) is 3.94. The van der Waals surface area contributed by atoms with Crippen molar-refractivity contribution < 1.29 is 14.3 Å². The number of aromatic amines is 2. The fraction of sp³-hybridized carbons (Fsp3) is 0.289. The quantitative estimate of drug-likeness (QED) is 0.0332. The van der Waals surface area contributed by atoms with Crippen LogP contribution in [0.1, 0.15) is 140 Å². The van der Waals surface area contributed by atoms with Crippen LogP contribution in [-0.2, 0) is 14.3 Å². The highest BCUT2D eigenvalue weighted by Crippen LogP contribution is 2.13. The van der Waals surface area contributed by atoms with E-state index in [4.69, 9.17) is 16.2 Å². The average molecular weight is 1180 g/mol. The standard InChI is InChI=1S/2C10H9NO.2C10H9N.C8H12O3.2C6H7N.C4H6.6C2H6/c1-7-6-11-9-5-3-2-4-8(9)10(7)12;1-7-6-10(12)8-4-2-3-5-9(8)11-7;1-8-6-9-4-2-3-5-10(9)11-7-8;1-8-6-7-9-4-2-3-5-10(9)11-8;1-4-11-5-8(6(2)9)7(3)10;2*7-6-4-2-1-3-5-6;1-3-4-2;6*1-2/h2*2-6H,1H3,(H,11,12);2*2-7H,1H3;5H,4H2,1-3H3;2*1-5H,7H2;1-2H3;6*1-2H3. The maximum absolute atomic E-state index is 11.5. The van der Waals surface area contributed by atoms with Crippen molar-refractivity contribution in [2.24, 2.45) is 0 Å². The van der Waals surface area contributed by atoms with E-state index in [-0.39, 0.29) is 28.0 Å². The summed E-state index contributed by atoms with van der Waals surface area (Å²) in [6, 6.07) is 58.2. The molecule has 0 fully saturated rings. The van der Waals surface area contributed by atoms with E-state index in [1.54, 1.807) is 19.2 Å². The molecule has 0 amide bonds. The normalized spacial score (nSPS) is 8.52. The van der Waals surface area contributed by atoms with E-state index < -0.39 is 0 Å². The van der Waals surface area contributed by atoms with Crippen LogP contribution in [0.5, 0.6) is 0 Å². The first-order valence-corrected chi connectivity index (χ1v) is 30.2. The molecule has 10 aromatic rings. The predicted octanol–water partition coefficient (Wildman–Crippen LogP) is 19.6. The van der Waals surface area contributed by atoms with Gasteiger partial charge in [0.1, 0.15) is 0 Å². The maximum Gasteiger partial charge on any atom is 0.192 e. The van der Waals surface area contributed by atoms with Gasteiger partial charge < -0.3 is 26.2 Å². The van der Waals surface area contributed by atoms with Crippen molar-refractivity contribution in [3.8, 4) is 11.8 Å². The number of ether oxygens (including phenoxy) is 1. The lowest BCUT2D eigenvalue weighted by Crippen LogP contribution is -2.06. The number of nitrogens with zero attached hydrogens (tertiary/aromatic N) is 2. The molecule has 11 heteroatoms. The van der Waals surface area contributed by atoms with Crippen LogP contribution in [0, 0.1) is 39.5 Å². The number of H-pyrrole nitrogens is 2. The second-order valence-corrected chi connectivity index (χ2v) is 16.5. The molecule has 0 saturated carbocycles. The maximum atomic E-state index is 11.5. The minimum absolute atomic E-state index is 0.0850. The predicted molar refractivity (Wildman–Crippen MR) is 382 cm³/mol. The van der Waals surface area contributed by atoms with Crippen molar-refractivity contribution in [2.45, 2.75) is 145 Å². The first-order chi connectivity index (χ1) is 42.1. The molecule has 4 aromatic heterocycles. The zero-order valence-corrected chi connectivity index (χ0v) is 56.4. The summed E-state index contributed by atoms with van der Waals surface area (Å²) < 4.78 is 4.81. The van der Waals surface area contributed by atoms with Crippen LogP contribution in [0.25, 0.3) is 43.6 Å². The van der Waals surface area contributed by atoms with Gasteiger partial charge in [-0.3, -0.25) is 29.1 Å². The second kappa shape index (κ2) is 55.8. The highest BCUT2D eigenvalue weighted by molar-refractivity contribution is 6.18. The van der Waals surface area contributed by atoms with Crippen molar-refractivity contribution >= 4 is 66.6 Å². The van der Waals surface area contributed by atoms with Gasteiger partial charge in [0.25, 0.3) is 0 Å². The van der Waals surface area contributed by atoms with E-state index in [9.17, 15) is 19.2 Å². The molecule has 10 rings (SSSR count). The Morgan fingerprint density at radius 2 is 0.966 bits per heavy atom. The SMILES string of the molecule is CC.CC.CC.CC.CC.CC.CC#CC.CCOC=C(C(C)=O)C(C)=O.Cc1c[nH]c2ccccc2c1=O.Cc1cc(=O)c2ccccc2[nH]1.Cc1ccc2ccccc2n1.Cc1cnc2ccccc2c1.Nc1ccccc1.Nc1ccccc1. The van der Waals surface area contributed by atoms with Crippen molar-refractivity contribution in [3.63, 3.8) is 0 Å². The van der Waals surface area contributed by atoms with Crippen LogP contribution >= 0.6 is 0 Å². The van der Waals surface area contributed by atoms with Crippen LogP contribution in [0.2, 0.25) is 0 Å². The number of fused-ring (bicyclic) bond motifs is 4. The van der Waals surface area contributed by atoms with Gasteiger partial charge in [0, 0.05) is 79.4 Å². The Bertz CT molecular complexity index is 3430. The smallest absolute Gasteiger partial charge is 0.192 e. The molecule has 0 saturated heterocycles. The number of rotatable bonds is 4. The number of ketones is 2. The Morgan fingerprint density at radius 1 is 0.529 bits per heavy atom. The third kappa shape index (κ3) is 37.5. The van der Waals surface area contributed by atoms with Crippen molar-refractivity contribution in [1.82, 2.24) is 19.9 Å². The van der Waals surface area contributed by atoms with Crippen LogP contribution in [0.4, 0.5) is 11.4 Å². The number of Topliss-reactive ketones (excluding diaryl/α,β-unsaturated/α-hetero) is 2. The minimum Gasteiger partial charge on any atom is -0.501 e. The first kappa shape index (κ1) is 84.1. The summed E-state index contributed by atoms with van der Waals surface area (Å²) in [5.41, 5.74) is 20.6. The summed E-state index contributed by atoms with van der Waals surface area (Å²) in [4.78, 5) is 59.2. The molecule has 87 heavy (non-hydrogen) atoms. The Morgan fingerprint density at radius 3 is 1.44 bits per heavy atom. The molecule has 0 bridgehead atoms. The Kier molecular flexibility index (Phi) is 53.9. The number of hydrogen-bond donors (Lipinski definition) is 4. The number of allylic oxidation sites excluding steroid dienone is 1. The van der Waals surface area contributed by atoms with Gasteiger partial charge in [-0.1, -0.05) is 186 Å². The van der Waals surface area contributed by atoms with Gasteiger partial charge in [-0.2, -0.15) is 0 Å². The zero-order valence-electron chi connectivity index (χ0n) is 56.4. The van der Waals surface area contributed by atoms with E-state index in [1.165, 1.54) is 36.4 Å². The van der Waals surface area contributed by atoms with Crippen LogP contribution < -0.4 is 22.3 Å². The number of hydrogen-bond acceptors (Lipinski definition) is 9. The fourth-order valence-corrected chi connectivity index (χ4v) is 6.44. The molecule has 0 unspecified atom stereocenters. The highest BCUT2D eigenvalue weighted by atomic mass is 16.5. The molecule has 468 valence electrons. The summed E-state index contributed by atoms with van der Waals surface area (Å²) in [6.45, 7) is 40.3. The van der Waals surface area contributed by atoms with Crippen molar-refractivity contribution in [3.05, 3.63) is 249 Å². The van der Waals surface area contributed by atoms with Gasteiger partial charge in [-0.15, -0.1) is 11.8 Å². The van der Waals surface area contributed by atoms with Gasteiger partial charge in [0.05, 0.1) is 29.5 Å². The van der Waals surface area contributed by atoms with Crippen LogP contribution in [0.15, 0.2) is 216 Å². The van der Waals surface area contributed by atoms with Gasteiger partial charge >= 0.3 is 0 Å². The van der Waals surface area contributed by atoms with Gasteiger partial charge in [-0.05, 0) is 141 Å². The molecular weight excluding hydrogens is 1080 g/mol. The highest BCUT2D eigenvalue weighted by Gasteiger charge is 2.09. The number of aromatic nitrogens is 4. The van der Waals surface area contributed by atoms with Crippen LogP contribution in [-0.4, -0.2) is 38.1 Å². The molecule has 6 N–H and O–H groups in total. The fourth-order valence-electron chi connectivity index (χ4n) is 6.44. The molecule has 0 spiro atoms. The average Bonchev–Trinajstić information content (AvgIpc) is 3.68. The molecule has 0 aliphatic carbocycles. The third-order valence-electron chi connectivity index (χ3n) is 10.3. The Balaban J connectivity index is -0.000000446. The lowest BCUT2D eigenvalue weighted by molar-refractivity contribution is -0.119. The number of carbonyl (C=O) groups excluding carboxylic acids is 2. The molecule has 0 aliphatic rings. The Hall–Kier alpha value is -9.40. The number of anilines is 2. The summed E-state index contributed by atoms with van der Waals surface area (Å²) in [5.74, 6) is 4.84. The van der Waals surface area contributed by atoms with Crippen molar-refractivity contribution in [2.75, 3.05) is 18.1 Å². The molecule has 11 nitrogen and oxygen atoms in total. The van der Waals surface area contributed by atoms with E-state index in [0.29, 0.717) is 6.61 Å². The summed E-state index contributed by atoms with van der Waals surface area (Å²) in [6.07, 6.45) is 4.84. The van der Waals surface area contributed by atoms with Gasteiger partial charge in [0.2, 0.25) is 0 Å². The molecular formula is C76H104N6O5. The van der Waals surface area contributed by atoms with Gasteiger partial charge in [0.15, 0.2) is 22.4 Å². The number of nitrogen functional groups attached to an aromatic ring is 2. The number of benzene rings is 6. The first-order valence-electron chi connectivity index (χ1n) is 30.2. The number of para-hydroxylation sites is 6. The van der Waals surface area contributed by atoms with Crippen LogP contribution in [0.3, 0.4) is 0 Å². The largest absolute Gasteiger partial charge is 0.501 e. The summed E-state index contributed by atoms with van der Waals surface area (Å²) >= 11 is 0. The van der Waals surface area contributed by atoms with E-state index in [0.717, 1.165) is 61.2 Å². The third-order valence-corrected chi connectivity index (χ3v) is 10.3. The number of pyridine rings is 4. The summed E-state index contributed by atoms with van der Waals surface area (Å²) in [7, 11) is 0. The molecule has 0 aliphatic heterocycles. The number of nitrogens with one attached hydrogen (secondary N) is 2. The number of carbonyl (C=O) groups is 2. The lowest BCUT2D eigenvalue weighted by atomic mass is 10.1. The number of aryl methyl sites for hydroxylation is 4. The van der Waals surface area contributed by atoms with Gasteiger partial charge in [-0.25, -0.2) is 0 Å². The van der Waals surface area contributed by atoms with E-state index in [2.05, 4.69) is 63.0 Å². The molecule has 6 aromatic carbocycles. The van der Waals surface area contributed by atoms with Crippen molar-refractivity contribution in [1.29, 1.82) is 0 Å². The Labute approximate surface area is 522 Å². The zero-order chi connectivity index (χ0) is 67.0. The number of nitrogens with two attached hydrogens (primary N) is 2. The molecule has 0 atom stereocenters. The van der Waals surface area contributed by atoms with E-state index in [1.807, 2.05) is 276 Å². The monoisotopic (exact) mass is 1180 g/mol. The lowest BCUT2D eigenvalue weighted by Gasteiger charge is -1.97. The second-order valence-electron chi connectivity index (χ2n) is 16.5. The molecule has 4 heterocycles. The topological polar surface area (TPSA) is 187 Å². The van der Waals surface area contributed by atoms with E-state index >= 15 is 0 Å².